The van der Waals surface area contributed by atoms with Crippen molar-refractivity contribution in [2.45, 2.75) is 12.6 Å². The Labute approximate surface area is 124 Å². The maximum absolute atomic E-state index is 13.1. The van der Waals surface area contributed by atoms with Gasteiger partial charge in [0.15, 0.2) is 0 Å². The van der Waals surface area contributed by atoms with Gasteiger partial charge in [0, 0.05) is 25.4 Å². The third-order valence-electron chi connectivity index (χ3n) is 2.77. The monoisotopic (exact) mass is 324 g/mol. The molecule has 0 heterocycles. The van der Waals surface area contributed by atoms with Gasteiger partial charge in [-0.3, -0.25) is 0 Å². The largest absolute Gasteiger partial charge is 0.419 e. The summed E-state index contributed by atoms with van der Waals surface area (Å²) in [5.41, 5.74) is -1.69. The molecule has 0 bridgehead atoms. The molecule has 0 aliphatic rings. The second kappa shape index (κ2) is 7.95. The van der Waals surface area contributed by atoms with Crippen molar-refractivity contribution in [2.75, 3.05) is 31.6 Å². The van der Waals surface area contributed by atoms with Crippen LogP contribution < -0.4 is 5.32 Å². The van der Waals surface area contributed by atoms with Gasteiger partial charge in [-0.05, 0) is 24.6 Å². The number of anilines is 1. The van der Waals surface area contributed by atoms with Gasteiger partial charge in [0.05, 0.1) is 12.2 Å². The number of hydrogen-bond acceptors (Lipinski definition) is 3. The molecule has 5 nitrogen and oxygen atoms in total. The first kappa shape index (κ1) is 18.2. The number of urea groups is 1. The van der Waals surface area contributed by atoms with Crippen LogP contribution in [0.25, 0.3) is 0 Å². The number of benzene rings is 1. The Morgan fingerprint density at radius 3 is 2.41 bits per heavy atom. The molecule has 3 N–H and O–H groups in total. The lowest BCUT2D eigenvalue weighted by Crippen LogP contribution is -2.38. The van der Waals surface area contributed by atoms with Crippen LogP contribution in [0.3, 0.4) is 0 Å². The van der Waals surface area contributed by atoms with Gasteiger partial charge in [0.25, 0.3) is 0 Å². The average molecular weight is 324 g/mol. The van der Waals surface area contributed by atoms with Crippen LogP contribution in [0.1, 0.15) is 12.0 Å². The molecule has 0 aromatic heterocycles. The summed E-state index contributed by atoms with van der Waals surface area (Å²) in [6.45, 7) is -0.435. The van der Waals surface area contributed by atoms with Gasteiger partial charge in [-0.25, -0.2) is 9.18 Å². The molecule has 1 rings (SSSR count). The quantitative estimate of drug-likeness (QED) is 0.701. The van der Waals surface area contributed by atoms with E-state index in [0.29, 0.717) is 12.1 Å². The zero-order chi connectivity index (χ0) is 16.8. The predicted octanol–water partition coefficient (Wildman–Crippen LogP) is 2.05. The first-order valence-corrected chi connectivity index (χ1v) is 6.44. The number of aliphatic hydroxyl groups is 2. The summed E-state index contributed by atoms with van der Waals surface area (Å²) in [7, 11) is 0. The van der Waals surface area contributed by atoms with Crippen LogP contribution in [0.15, 0.2) is 18.2 Å². The van der Waals surface area contributed by atoms with Crippen molar-refractivity contribution in [3.05, 3.63) is 29.6 Å². The summed E-state index contributed by atoms with van der Waals surface area (Å²) in [5.74, 6) is -1.43. The van der Waals surface area contributed by atoms with E-state index < -0.39 is 23.6 Å². The van der Waals surface area contributed by atoms with Crippen LogP contribution >= 0.6 is 0 Å². The topological polar surface area (TPSA) is 72.8 Å². The summed E-state index contributed by atoms with van der Waals surface area (Å²) in [4.78, 5) is 13.0. The normalized spacial score (nSPS) is 11.4. The SMILES string of the molecule is O=C(Nc1ccc(F)c(C(F)(F)F)c1)N(CCO)CCCO. The standard InChI is InChI=1S/C13H16F4N2O3/c14-11-3-2-9(8-10(11)13(15,16)17)18-12(22)19(5-7-21)4-1-6-20/h2-3,8,20-21H,1,4-7H2,(H,18,22). The number of hydrogen-bond donors (Lipinski definition) is 3. The van der Waals surface area contributed by atoms with E-state index in [0.717, 1.165) is 11.0 Å². The molecule has 0 aliphatic heterocycles. The number of carbonyl (C=O) groups is 1. The molecule has 9 heteroatoms. The summed E-state index contributed by atoms with van der Waals surface area (Å²) in [6, 6.07) is 1.37. The zero-order valence-corrected chi connectivity index (χ0v) is 11.5. The lowest BCUT2D eigenvalue weighted by atomic mass is 10.2. The van der Waals surface area contributed by atoms with Gasteiger partial charge in [0.2, 0.25) is 0 Å². The average Bonchev–Trinajstić information content (AvgIpc) is 2.44. The molecule has 22 heavy (non-hydrogen) atoms. The van der Waals surface area contributed by atoms with Gasteiger partial charge < -0.3 is 20.4 Å². The van der Waals surface area contributed by atoms with E-state index in [4.69, 9.17) is 10.2 Å². The van der Waals surface area contributed by atoms with Crippen molar-refractivity contribution in [3.8, 4) is 0 Å². The lowest BCUT2D eigenvalue weighted by Gasteiger charge is -2.22. The number of nitrogens with one attached hydrogen (secondary N) is 1. The molecule has 124 valence electrons. The fraction of sp³-hybridized carbons (Fsp3) is 0.462. The summed E-state index contributed by atoms with van der Waals surface area (Å²) in [5, 5.41) is 19.8. The van der Waals surface area contributed by atoms with Gasteiger partial charge in [-0.1, -0.05) is 0 Å². The number of rotatable bonds is 6. The van der Waals surface area contributed by atoms with E-state index in [-0.39, 0.29) is 38.4 Å². The second-order valence-corrected chi connectivity index (χ2v) is 4.41. The Morgan fingerprint density at radius 2 is 1.86 bits per heavy atom. The number of alkyl halides is 3. The van der Waals surface area contributed by atoms with Gasteiger partial charge >= 0.3 is 12.2 Å². The van der Waals surface area contributed by atoms with Crippen LogP contribution in [-0.2, 0) is 6.18 Å². The highest BCUT2D eigenvalue weighted by molar-refractivity contribution is 5.89. The Bertz CT molecular complexity index is 509. The van der Waals surface area contributed by atoms with Crippen molar-refractivity contribution in [1.82, 2.24) is 4.90 Å². The second-order valence-electron chi connectivity index (χ2n) is 4.41. The number of carbonyl (C=O) groups excluding carboxylic acids is 1. The highest BCUT2D eigenvalue weighted by Crippen LogP contribution is 2.33. The molecular formula is C13H16F4N2O3. The minimum absolute atomic E-state index is 0.0425. The molecule has 1 aromatic carbocycles. The molecule has 0 fully saturated rings. The number of halogens is 4. The van der Waals surface area contributed by atoms with Crippen LogP contribution in [0.2, 0.25) is 0 Å². The first-order chi connectivity index (χ1) is 10.3. The fourth-order valence-corrected chi connectivity index (χ4v) is 1.72. The highest BCUT2D eigenvalue weighted by atomic mass is 19.4. The Kier molecular flexibility index (Phi) is 6.57. The van der Waals surface area contributed by atoms with E-state index in [1.54, 1.807) is 0 Å². The molecule has 0 saturated carbocycles. The molecule has 0 spiro atoms. The highest BCUT2D eigenvalue weighted by Gasteiger charge is 2.34. The van der Waals surface area contributed by atoms with Crippen molar-refractivity contribution >= 4 is 11.7 Å². The maximum atomic E-state index is 13.1. The molecule has 2 amide bonds. The Hall–Kier alpha value is -1.87. The maximum Gasteiger partial charge on any atom is 0.419 e. The molecule has 0 atom stereocenters. The van der Waals surface area contributed by atoms with Gasteiger partial charge in [0.1, 0.15) is 5.82 Å². The van der Waals surface area contributed by atoms with Gasteiger partial charge in [-0.15, -0.1) is 0 Å². The Morgan fingerprint density at radius 1 is 1.18 bits per heavy atom. The first-order valence-electron chi connectivity index (χ1n) is 6.44. The van der Waals surface area contributed by atoms with E-state index >= 15 is 0 Å². The van der Waals surface area contributed by atoms with E-state index in [2.05, 4.69) is 5.32 Å². The fourth-order valence-electron chi connectivity index (χ4n) is 1.72. The third kappa shape index (κ3) is 5.15. The summed E-state index contributed by atoms with van der Waals surface area (Å²) in [6.07, 6.45) is -4.61. The van der Waals surface area contributed by atoms with Crippen molar-refractivity contribution < 1.29 is 32.6 Å². The third-order valence-corrected chi connectivity index (χ3v) is 2.77. The van der Waals surface area contributed by atoms with Crippen LogP contribution in [0.5, 0.6) is 0 Å². The summed E-state index contributed by atoms with van der Waals surface area (Å²) < 4.78 is 50.9. The summed E-state index contributed by atoms with van der Waals surface area (Å²) >= 11 is 0. The number of nitrogens with zero attached hydrogens (tertiary/aromatic N) is 1. The minimum Gasteiger partial charge on any atom is -0.396 e. The molecule has 0 aliphatic carbocycles. The molecular weight excluding hydrogens is 308 g/mol. The Balaban J connectivity index is 2.86. The van der Waals surface area contributed by atoms with Gasteiger partial charge in [-0.2, -0.15) is 13.2 Å². The molecule has 0 unspecified atom stereocenters. The zero-order valence-electron chi connectivity index (χ0n) is 11.5. The number of aliphatic hydroxyl groups excluding tert-OH is 2. The molecule has 0 saturated heterocycles. The number of amides is 2. The van der Waals surface area contributed by atoms with Crippen LogP contribution in [-0.4, -0.2) is 47.4 Å². The lowest BCUT2D eigenvalue weighted by molar-refractivity contribution is -0.139. The van der Waals surface area contributed by atoms with E-state index in [1.165, 1.54) is 0 Å². The van der Waals surface area contributed by atoms with E-state index in [9.17, 15) is 22.4 Å². The molecule has 0 radical (unpaired) electrons. The van der Waals surface area contributed by atoms with Crippen molar-refractivity contribution in [2.24, 2.45) is 0 Å². The molecule has 1 aromatic rings. The predicted molar refractivity (Wildman–Crippen MR) is 70.8 cm³/mol. The minimum atomic E-state index is -4.87. The van der Waals surface area contributed by atoms with Crippen molar-refractivity contribution in [3.63, 3.8) is 0 Å². The smallest absolute Gasteiger partial charge is 0.396 e. The van der Waals surface area contributed by atoms with E-state index in [1.807, 2.05) is 0 Å². The van der Waals surface area contributed by atoms with Crippen LogP contribution in [0.4, 0.5) is 28.0 Å². The van der Waals surface area contributed by atoms with Crippen LogP contribution in [0, 0.1) is 5.82 Å². The van der Waals surface area contributed by atoms with Crippen molar-refractivity contribution in [1.29, 1.82) is 0 Å².